The van der Waals surface area contributed by atoms with Crippen LogP contribution in [0.4, 0.5) is 5.69 Å². The van der Waals surface area contributed by atoms with Crippen LogP contribution in [0.5, 0.6) is 0 Å². The molecule has 3 nitrogen and oxygen atoms in total. The molecule has 0 spiro atoms. The van der Waals surface area contributed by atoms with Crippen LogP contribution in [-0.4, -0.2) is 31.8 Å². The van der Waals surface area contributed by atoms with E-state index in [1.54, 1.807) is 0 Å². The van der Waals surface area contributed by atoms with Gasteiger partial charge in [0, 0.05) is 23.8 Å². The Morgan fingerprint density at radius 2 is 1.67 bits per heavy atom. The standard InChI is InChI=1S/C21H27N3/c1-15(2)24-14-16-10-6-7-11-17(16)21(23(4)5)20(22-3)18-12-8-9-13-19(18)24/h6-13,15,20-21H,3,14H2,1-2,4-5H3. The molecule has 2 aromatic rings. The number of likely N-dealkylation sites (N-methyl/N-ethyl adjacent to an activating group) is 1. The first kappa shape index (κ1) is 16.7. The molecule has 24 heavy (non-hydrogen) atoms. The molecule has 0 aromatic heterocycles. The number of anilines is 1. The molecule has 0 saturated carbocycles. The highest BCUT2D eigenvalue weighted by Crippen LogP contribution is 2.43. The number of nitrogens with zero attached hydrogens (tertiary/aromatic N) is 3. The lowest BCUT2D eigenvalue weighted by atomic mass is 9.86. The molecule has 0 bridgehead atoms. The molecule has 0 radical (unpaired) electrons. The molecule has 0 saturated heterocycles. The maximum Gasteiger partial charge on any atom is 0.0958 e. The molecule has 1 aliphatic rings. The molecule has 1 heterocycles. The van der Waals surface area contributed by atoms with Gasteiger partial charge in [0.2, 0.25) is 0 Å². The Balaban J connectivity index is 2.27. The van der Waals surface area contributed by atoms with E-state index in [-0.39, 0.29) is 12.1 Å². The van der Waals surface area contributed by atoms with E-state index in [0.29, 0.717) is 6.04 Å². The summed E-state index contributed by atoms with van der Waals surface area (Å²) in [5, 5.41) is 0. The van der Waals surface area contributed by atoms with E-state index < -0.39 is 0 Å². The first-order chi connectivity index (χ1) is 11.5. The fourth-order valence-corrected chi connectivity index (χ4v) is 3.79. The Morgan fingerprint density at radius 1 is 1.04 bits per heavy atom. The SMILES string of the molecule is C=NC1c2ccccc2N(C(C)C)Cc2ccccc2C1N(C)C. The summed E-state index contributed by atoms with van der Waals surface area (Å²) in [7, 11) is 4.26. The van der Waals surface area contributed by atoms with Crippen molar-refractivity contribution < 1.29 is 0 Å². The monoisotopic (exact) mass is 321 g/mol. The molecule has 2 aromatic carbocycles. The molecule has 2 atom stereocenters. The number of hydrogen-bond acceptors (Lipinski definition) is 3. The predicted molar refractivity (Wildman–Crippen MR) is 103 cm³/mol. The van der Waals surface area contributed by atoms with Crippen LogP contribution < -0.4 is 4.90 Å². The molecule has 0 N–H and O–H groups in total. The van der Waals surface area contributed by atoms with Gasteiger partial charge in [-0.25, -0.2) is 0 Å². The third kappa shape index (κ3) is 2.84. The first-order valence-corrected chi connectivity index (χ1v) is 8.60. The fourth-order valence-electron chi connectivity index (χ4n) is 3.79. The Morgan fingerprint density at radius 3 is 2.29 bits per heavy atom. The number of para-hydroxylation sites is 1. The van der Waals surface area contributed by atoms with Crippen molar-refractivity contribution in [3.63, 3.8) is 0 Å². The zero-order chi connectivity index (χ0) is 17.3. The lowest BCUT2D eigenvalue weighted by Crippen LogP contribution is -2.36. The summed E-state index contributed by atoms with van der Waals surface area (Å²) in [6.07, 6.45) is 0. The van der Waals surface area contributed by atoms with E-state index in [1.807, 2.05) is 0 Å². The minimum atomic E-state index is 0.0129. The van der Waals surface area contributed by atoms with Gasteiger partial charge < -0.3 is 9.80 Å². The molecule has 1 aliphatic heterocycles. The van der Waals surface area contributed by atoms with Crippen molar-refractivity contribution in [1.29, 1.82) is 0 Å². The van der Waals surface area contributed by atoms with Gasteiger partial charge in [0.1, 0.15) is 0 Å². The average Bonchev–Trinajstić information content (AvgIpc) is 2.56. The van der Waals surface area contributed by atoms with Crippen molar-refractivity contribution in [3.05, 3.63) is 65.2 Å². The van der Waals surface area contributed by atoms with Crippen molar-refractivity contribution >= 4 is 12.4 Å². The van der Waals surface area contributed by atoms with Gasteiger partial charge in [0.25, 0.3) is 0 Å². The second-order valence-corrected chi connectivity index (χ2v) is 7.02. The van der Waals surface area contributed by atoms with Gasteiger partial charge in [-0.15, -0.1) is 0 Å². The van der Waals surface area contributed by atoms with Gasteiger partial charge in [-0.2, -0.15) is 0 Å². The van der Waals surface area contributed by atoms with Gasteiger partial charge in [0.15, 0.2) is 0 Å². The van der Waals surface area contributed by atoms with Crippen LogP contribution in [0.1, 0.15) is 42.6 Å². The van der Waals surface area contributed by atoms with Crippen LogP contribution in [0.25, 0.3) is 0 Å². The number of benzene rings is 2. The normalized spacial score (nSPS) is 20.3. The number of fused-ring (bicyclic) bond motifs is 2. The van der Waals surface area contributed by atoms with Crippen LogP contribution in [0.3, 0.4) is 0 Å². The van der Waals surface area contributed by atoms with Crippen molar-refractivity contribution in [2.24, 2.45) is 4.99 Å². The van der Waals surface area contributed by atoms with Crippen LogP contribution in [0.2, 0.25) is 0 Å². The third-order valence-electron chi connectivity index (χ3n) is 4.95. The van der Waals surface area contributed by atoms with Gasteiger partial charge in [-0.05, 0) is 51.9 Å². The molecule has 3 rings (SSSR count). The van der Waals surface area contributed by atoms with E-state index in [9.17, 15) is 0 Å². The predicted octanol–water partition coefficient (Wildman–Crippen LogP) is 4.46. The first-order valence-electron chi connectivity index (χ1n) is 8.60. The third-order valence-corrected chi connectivity index (χ3v) is 4.95. The van der Waals surface area contributed by atoms with Crippen LogP contribution in [0.15, 0.2) is 53.5 Å². The quantitative estimate of drug-likeness (QED) is 0.777. The van der Waals surface area contributed by atoms with Gasteiger partial charge in [-0.1, -0.05) is 42.5 Å². The Bertz CT molecular complexity index is 721. The average molecular weight is 321 g/mol. The van der Waals surface area contributed by atoms with Gasteiger partial charge in [0.05, 0.1) is 12.1 Å². The smallest absolute Gasteiger partial charge is 0.0958 e. The molecule has 126 valence electrons. The number of rotatable bonds is 3. The Labute approximate surface area is 145 Å². The second kappa shape index (κ2) is 6.78. The highest BCUT2D eigenvalue weighted by Gasteiger charge is 2.33. The van der Waals surface area contributed by atoms with E-state index in [0.717, 1.165) is 6.54 Å². The zero-order valence-electron chi connectivity index (χ0n) is 15.1. The summed E-state index contributed by atoms with van der Waals surface area (Å²) in [6.45, 7) is 9.35. The summed E-state index contributed by atoms with van der Waals surface area (Å²) in [5.41, 5.74) is 5.24. The topological polar surface area (TPSA) is 18.8 Å². The maximum absolute atomic E-state index is 4.57. The highest BCUT2D eigenvalue weighted by molar-refractivity contribution is 5.59. The maximum atomic E-state index is 4.57. The number of aliphatic imine (C=N–C) groups is 1. The molecular weight excluding hydrogens is 294 g/mol. The molecule has 0 aliphatic carbocycles. The fraction of sp³-hybridized carbons (Fsp3) is 0.381. The largest absolute Gasteiger partial charge is 0.364 e. The summed E-state index contributed by atoms with van der Waals surface area (Å²) in [4.78, 5) is 9.30. The van der Waals surface area contributed by atoms with Gasteiger partial charge in [-0.3, -0.25) is 4.99 Å². The zero-order valence-corrected chi connectivity index (χ0v) is 15.1. The summed E-state index contributed by atoms with van der Waals surface area (Å²) >= 11 is 0. The van der Waals surface area contributed by atoms with Crippen LogP contribution >= 0.6 is 0 Å². The van der Waals surface area contributed by atoms with Crippen molar-refractivity contribution in [3.8, 4) is 0 Å². The Kier molecular flexibility index (Phi) is 4.72. The van der Waals surface area contributed by atoms with E-state index >= 15 is 0 Å². The molecular formula is C21H27N3. The molecule has 2 unspecified atom stereocenters. The second-order valence-electron chi connectivity index (χ2n) is 7.02. The molecule has 0 fully saturated rings. The summed E-state index contributed by atoms with van der Waals surface area (Å²) in [6, 6.07) is 18.0. The van der Waals surface area contributed by atoms with Crippen molar-refractivity contribution in [1.82, 2.24) is 4.90 Å². The summed E-state index contributed by atoms with van der Waals surface area (Å²) in [5.74, 6) is 0. The minimum absolute atomic E-state index is 0.0129. The van der Waals surface area contributed by atoms with Crippen LogP contribution in [0, 0.1) is 0 Å². The van der Waals surface area contributed by atoms with Crippen LogP contribution in [-0.2, 0) is 6.54 Å². The summed E-state index contributed by atoms with van der Waals surface area (Å²) < 4.78 is 0. The van der Waals surface area contributed by atoms with E-state index in [4.69, 9.17) is 0 Å². The number of hydrogen-bond donors (Lipinski definition) is 0. The highest BCUT2D eigenvalue weighted by atomic mass is 15.2. The van der Waals surface area contributed by atoms with Gasteiger partial charge >= 0.3 is 0 Å². The lowest BCUT2D eigenvalue weighted by Gasteiger charge is -2.40. The molecule has 0 amide bonds. The Hall–Kier alpha value is -2.13. The van der Waals surface area contributed by atoms with Crippen molar-refractivity contribution in [2.75, 3.05) is 19.0 Å². The minimum Gasteiger partial charge on any atom is -0.364 e. The van der Waals surface area contributed by atoms with E-state index in [2.05, 4.69) is 98.0 Å². The lowest BCUT2D eigenvalue weighted by molar-refractivity contribution is 0.258. The van der Waals surface area contributed by atoms with Crippen molar-refractivity contribution in [2.45, 2.75) is 38.5 Å². The molecule has 3 heteroatoms. The van der Waals surface area contributed by atoms with E-state index in [1.165, 1.54) is 22.4 Å².